The summed E-state index contributed by atoms with van der Waals surface area (Å²) in [7, 11) is 0. The fourth-order valence-corrected chi connectivity index (χ4v) is 4.40. The summed E-state index contributed by atoms with van der Waals surface area (Å²) in [6.07, 6.45) is 11.8. The molecule has 3 aromatic carbocycles. The molecule has 0 saturated heterocycles. The highest BCUT2D eigenvalue weighted by Crippen LogP contribution is 2.26. The molecule has 0 amide bonds. The lowest BCUT2D eigenvalue weighted by Crippen LogP contribution is -2.10. The lowest BCUT2D eigenvalue weighted by Gasteiger charge is -2.10. The number of hydrogen-bond donors (Lipinski definition) is 0. The molecule has 0 saturated carbocycles. The summed E-state index contributed by atoms with van der Waals surface area (Å²) in [5.41, 5.74) is 3.92. The van der Waals surface area contributed by atoms with E-state index in [9.17, 15) is 13.6 Å². The molecule has 4 heteroatoms. The number of benzene rings is 3. The smallest absolute Gasteiger partial charge is 0.343 e. The first-order chi connectivity index (χ1) is 17.5. The number of carbonyl (C=O) groups is 1. The lowest BCUT2D eigenvalue weighted by molar-refractivity contribution is 0.0726. The minimum Gasteiger partial charge on any atom is -0.420 e. The average Bonchev–Trinajstić information content (AvgIpc) is 2.90. The molecule has 3 aromatic rings. The summed E-state index contributed by atoms with van der Waals surface area (Å²) in [6, 6.07) is 18.1. The van der Waals surface area contributed by atoms with E-state index in [0.29, 0.717) is 12.0 Å². The van der Waals surface area contributed by atoms with Crippen molar-refractivity contribution < 1.29 is 18.3 Å². The van der Waals surface area contributed by atoms with E-state index in [-0.39, 0.29) is 11.3 Å². The van der Waals surface area contributed by atoms with Gasteiger partial charge in [-0.05, 0) is 59.7 Å². The zero-order valence-electron chi connectivity index (χ0n) is 21.6. The van der Waals surface area contributed by atoms with E-state index in [2.05, 4.69) is 38.1 Å². The minimum atomic E-state index is -1.11. The first kappa shape index (κ1) is 27.6. The molecule has 0 fully saturated rings. The number of aryl methyl sites for hydroxylation is 2. The molecule has 0 aliphatic heterocycles. The monoisotopic (exact) mass is 492 g/mol. The number of esters is 1. The molecule has 0 N–H and O–H groups in total. The molecule has 36 heavy (non-hydrogen) atoms. The van der Waals surface area contributed by atoms with Gasteiger partial charge in [-0.2, -0.15) is 4.39 Å². The Hall–Kier alpha value is -3.01. The highest BCUT2D eigenvalue weighted by Gasteiger charge is 2.18. The van der Waals surface area contributed by atoms with Crippen molar-refractivity contribution in [3.63, 3.8) is 0 Å². The summed E-state index contributed by atoms with van der Waals surface area (Å²) >= 11 is 0. The topological polar surface area (TPSA) is 26.3 Å². The summed E-state index contributed by atoms with van der Waals surface area (Å²) in [5.74, 6) is -3.13. The summed E-state index contributed by atoms with van der Waals surface area (Å²) in [4.78, 5) is 12.6. The van der Waals surface area contributed by atoms with E-state index in [0.717, 1.165) is 43.2 Å². The van der Waals surface area contributed by atoms with E-state index in [1.807, 2.05) is 12.1 Å². The first-order valence-corrected chi connectivity index (χ1v) is 13.4. The Morgan fingerprint density at radius 3 is 1.83 bits per heavy atom. The first-order valence-electron chi connectivity index (χ1n) is 13.4. The molecule has 0 heterocycles. The molecule has 3 rings (SSSR count). The van der Waals surface area contributed by atoms with Gasteiger partial charge in [0.2, 0.25) is 5.82 Å². The van der Waals surface area contributed by atoms with Crippen LogP contribution in [0.1, 0.15) is 93.1 Å². The quantitative estimate of drug-likeness (QED) is 0.127. The number of hydrogen-bond acceptors (Lipinski definition) is 2. The van der Waals surface area contributed by atoms with Crippen LogP contribution in [0.15, 0.2) is 60.7 Å². The number of carbonyl (C=O) groups excluding carboxylic acids is 1. The Morgan fingerprint density at radius 2 is 1.22 bits per heavy atom. The Balaban J connectivity index is 1.53. The number of halogens is 2. The SMILES string of the molecule is CCCCCCCCCCc1ccc(OC(=O)c2ccc(-c3ccc(CCC)cc3)cc2)c(F)c1F. The van der Waals surface area contributed by atoms with Crippen molar-refractivity contribution in [2.75, 3.05) is 0 Å². The van der Waals surface area contributed by atoms with Crippen molar-refractivity contribution in [3.8, 4) is 16.9 Å². The second-order valence-electron chi connectivity index (χ2n) is 9.49. The van der Waals surface area contributed by atoms with Crippen LogP contribution in [0.3, 0.4) is 0 Å². The molecule has 0 atom stereocenters. The zero-order valence-corrected chi connectivity index (χ0v) is 21.6. The Labute approximate surface area is 214 Å². The van der Waals surface area contributed by atoms with Crippen molar-refractivity contribution >= 4 is 5.97 Å². The fourth-order valence-electron chi connectivity index (χ4n) is 4.40. The van der Waals surface area contributed by atoms with E-state index in [4.69, 9.17) is 4.74 Å². The highest BCUT2D eigenvalue weighted by molar-refractivity contribution is 5.91. The molecule has 0 aliphatic carbocycles. The molecule has 0 radical (unpaired) electrons. The summed E-state index contributed by atoms with van der Waals surface area (Å²) in [6.45, 7) is 4.35. The maximum absolute atomic E-state index is 14.6. The van der Waals surface area contributed by atoms with Gasteiger partial charge in [-0.15, -0.1) is 0 Å². The molecule has 0 unspecified atom stereocenters. The second kappa shape index (κ2) is 14.5. The van der Waals surface area contributed by atoms with Gasteiger partial charge in [-0.25, -0.2) is 9.18 Å². The molecule has 0 aliphatic rings. The van der Waals surface area contributed by atoms with Crippen LogP contribution in [0.2, 0.25) is 0 Å². The number of ether oxygens (including phenoxy) is 1. The van der Waals surface area contributed by atoms with Gasteiger partial charge >= 0.3 is 5.97 Å². The van der Waals surface area contributed by atoms with Gasteiger partial charge in [0.15, 0.2) is 11.6 Å². The van der Waals surface area contributed by atoms with Crippen molar-refractivity contribution in [2.45, 2.75) is 84.5 Å². The van der Waals surface area contributed by atoms with E-state index < -0.39 is 17.6 Å². The molecule has 0 spiro atoms. The van der Waals surface area contributed by atoms with Crippen LogP contribution in [0.25, 0.3) is 11.1 Å². The van der Waals surface area contributed by atoms with Crippen LogP contribution in [0.4, 0.5) is 8.78 Å². The van der Waals surface area contributed by atoms with Crippen LogP contribution in [-0.2, 0) is 12.8 Å². The van der Waals surface area contributed by atoms with Crippen LogP contribution >= 0.6 is 0 Å². The predicted octanol–water partition coefficient (Wildman–Crippen LogP) is 9.49. The third kappa shape index (κ3) is 8.01. The molecule has 192 valence electrons. The predicted molar refractivity (Wildman–Crippen MR) is 144 cm³/mol. The van der Waals surface area contributed by atoms with Gasteiger partial charge in [0.1, 0.15) is 0 Å². The average molecular weight is 493 g/mol. The number of rotatable bonds is 14. The standard InChI is InChI=1S/C32H38F2O2/c1-3-5-6-7-8-9-10-11-13-27-22-23-29(31(34)30(27)33)36-32(35)28-20-18-26(19-21-28)25-16-14-24(12-4-2)15-17-25/h14-23H,3-13H2,1-2H3. The third-order valence-electron chi connectivity index (χ3n) is 6.58. The van der Waals surface area contributed by atoms with Crippen molar-refractivity contribution in [1.29, 1.82) is 0 Å². The lowest BCUT2D eigenvalue weighted by atomic mass is 10.0. The van der Waals surface area contributed by atoms with Crippen molar-refractivity contribution in [1.82, 2.24) is 0 Å². The molecule has 2 nitrogen and oxygen atoms in total. The molecular formula is C32H38F2O2. The zero-order chi connectivity index (χ0) is 25.8. The Morgan fingerprint density at radius 1 is 0.639 bits per heavy atom. The Bertz CT molecular complexity index is 1090. The number of unbranched alkanes of at least 4 members (excludes halogenated alkanes) is 7. The molecule has 0 aromatic heterocycles. The van der Waals surface area contributed by atoms with E-state index >= 15 is 0 Å². The van der Waals surface area contributed by atoms with Gasteiger partial charge in [-0.3, -0.25) is 0 Å². The van der Waals surface area contributed by atoms with Crippen LogP contribution < -0.4 is 4.74 Å². The van der Waals surface area contributed by atoms with Gasteiger partial charge in [0.05, 0.1) is 5.56 Å². The summed E-state index contributed by atoms with van der Waals surface area (Å²) < 4.78 is 34.4. The third-order valence-corrected chi connectivity index (χ3v) is 6.58. The van der Waals surface area contributed by atoms with Crippen LogP contribution in [0, 0.1) is 11.6 Å². The van der Waals surface area contributed by atoms with E-state index in [1.165, 1.54) is 49.8 Å². The molecular weight excluding hydrogens is 454 g/mol. The van der Waals surface area contributed by atoms with Gasteiger partial charge in [0, 0.05) is 0 Å². The second-order valence-corrected chi connectivity index (χ2v) is 9.49. The fraction of sp³-hybridized carbons (Fsp3) is 0.406. The summed E-state index contributed by atoms with van der Waals surface area (Å²) in [5, 5.41) is 0. The van der Waals surface area contributed by atoms with E-state index in [1.54, 1.807) is 12.1 Å². The van der Waals surface area contributed by atoms with Gasteiger partial charge < -0.3 is 4.74 Å². The normalized spacial score (nSPS) is 11.0. The maximum Gasteiger partial charge on any atom is 0.343 e. The highest BCUT2D eigenvalue weighted by atomic mass is 19.2. The maximum atomic E-state index is 14.6. The van der Waals surface area contributed by atoms with Crippen LogP contribution in [0.5, 0.6) is 5.75 Å². The minimum absolute atomic E-state index is 0.282. The van der Waals surface area contributed by atoms with Gasteiger partial charge in [-0.1, -0.05) is 108 Å². The van der Waals surface area contributed by atoms with Crippen molar-refractivity contribution in [3.05, 3.63) is 89.0 Å². The largest absolute Gasteiger partial charge is 0.420 e. The van der Waals surface area contributed by atoms with Crippen LogP contribution in [-0.4, -0.2) is 5.97 Å². The van der Waals surface area contributed by atoms with Crippen molar-refractivity contribution in [2.24, 2.45) is 0 Å². The van der Waals surface area contributed by atoms with Gasteiger partial charge in [0.25, 0.3) is 0 Å². The Kier molecular flexibility index (Phi) is 11.1. The molecule has 0 bridgehead atoms.